The number of benzene rings is 2. The number of hydrazone groups is 1. The Balaban J connectivity index is 2.03. The van der Waals surface area contributed by atoms with Crippen LogP contribution in [0, 0.1) is 13.8 Å². The maximum absolute atomic E-state index is 12.1. The molecule has 0 atom stereocenters. The van der Waals surface area contributed by atoms with Gasteiger partial charge in [-0.1, -0.05) is 35.9 Å². The molecule has 0 fully saturated rings. The Labute approximate surface area is 124 Å². The molecule has 2 aromatic rings. The third-order valence-corrected chi connectivity index (χ3v) is 3.74. The molecule has 21 heavy (non-hydrogen) atoms. The molecule has 1 aliphatic rings. The Morgan fingerprint density at radius 3 is 2.52 bits per heavy atom. The lowest BCUT2D eigenvalue weighted by Gasteiger charge is -2.24. The minimum atomic E-state index is 0.0512. The Kier molecular flexibility index (Phi) is 3.57. The molecule has 0 N–H and O–H groups in total. The maximum atomic E-state index is 12.1. The molecule has 3 heteroatoms. The van der Waals surface area contributed by atoms with Crippen LogP contribution in [0.5, 0.6) is 0 Å². The van der Waals surface area contributed by atoms with Gasteiger partial charge in [0.05, 0.1) is 11.4 Å². The fraction of sp³-hybridized carbons (Fsp3) is 0.222. The molecular weight excluding hydrogens is 260 g/mol. The molecule has 1 aliphatic heterocycles. The third kappa shape index (κ3) is 2.72. The van der Waals surface area contributed by atoms with Crippen molar-refractivity contribution in [2.24, 2.45) is 5.10 Å². The second kappa shape index (κ2) is 5.52. The molecule has 1 heterocycles. The van der Waals surface area contributed by atoms with Crippen molar-refractivity contribution in [1.29, 1.82) is 0 Å². The normalized spacial score (nSPS) is 15.0. The highest BCUT2D eigenvalue weighted by atomic mass is 16.2. The number of carbonyl (C=O) groups excluding carboxylic acids is 1. The minimum absolute atomic E-state index is 0.0512. The predicted molar refractivity (Wildman–Crippen MR) is 85.6 cm³/mol. The zero-order chi connectivity index (χ0) is 14.8. The highest BCUT2D eigenvalue weighted by Crippen LogP contribution is 2.23. The van der Waals surface area contributed by atoms with E-state index in [9.17, 15) is 4.79 Å². The molecule has 0 unspecified atom stereocenters. The average molecular weight is 278 g/mol. The van der Waals surface area contributed by atoms with Gasteiger partial charge in [-0.05, 0) is 37.6 Å². The van der Waals surface area contributed by atoms with E-state index >= 15 is 0 Å². The van der Waals surface area contributed by atoms with Crippen molar-refractivity contribution in [1.82, 2.24) is 0 Å². The third-order valence-electron chi connectivity index (χ3n) is 3.74. The first kappa shape index (κ1) is 13.6. The fourth-order valence-corrected chi connectivity index (χ4v) is 2.56. The summed E-state index contributed by atoms with van der Waals surface area (Å²) in [6.45, 7) is 4.16. The molecule has 3 rings (SSSR count). The summed E-state index contributed by atoms with van der Waals surface area (Å²) < 4.78 is 0. The van der Waals surface area contributed by atoms with Crippen LogP contribution in [0.3, 0.4) is 0 Å². The lowest BCUT2D eigenvalue weighted by molar-refractivity contribution is -0.118. The van der Waals surface area contributed by atoms with Crippen molar-refractivity contribution < 1.29 is 4.79 Å². The van der Waals surface area contributed by atoms with Crippen LogP contribution < -0.4 is 5.01 Å². The molecule has 2 aromatic carbocycles. The van der Waals surface area contributed by atoms with Crippen LogP contribution in [-0.4, -0.2) is 11.6 Å². The molecule has 0 saturated heterocycles. The van der Waals surface area contributed by atoms with Gasteiger partial charge in [-0.3, -0.25) is 4.79 Å². The summed E-state index contributed by atoms with van der Waals surface area (Å²) in [4.78, 5) is 12.1. The largest absolute Gasteiger partial charge is 0.273 e. The fourth-order valence-electron chi connectivity index (χ4n) is 2.56. The van der Waals surface area contributed by atoms with Gasteiger partial charge in [0.1, 0.15) is 0 Å². The molecule has 3 nitrogen and oxygen atoms in total. The number of carbonyl (C=O) groups is 1. The summed E-state index contributed by atoms with van der Waals surface area (Å²) in [5, 5.41) is 6.13. The van der Waals surface area contributed by atoms with Crippen molar-refractivity contribution in [2.45, 2.75) is 26.7 Å². The number of anilines is 1. The number of nitrogens with zero attached hydrogens (tertiary/aromatic N) is 2. The average Bonchev–Trinajstić information content (AvgIpc) is 2.51. The number of aryl methyl sites for hydroxylation is 2. The molecule has 0 saturated carbocycles. The van der Waals surface area contributed by atoms with Gasteiger partial charge in [0.2, 0.25) is 5.91 Å². The van der Waals surface area contributed by atoms with Crippen LogP contribution in [0.4, 0.5) is 5.69 Å². The van der Waals surface area contributed by atoms with Gasteiger partial charge in [0, 0.05) is 18.4 Å². The van der Waals surface area contributed by atoms with Gasteiger partial charge in [-0.15, -0.1) is 0 Å². The second-order valence-electron chi connectivity index (χ2n) is 5.41. The van der Waals surface area contributed by atoms with Crippen molar-refractivity contribution in [2.75, 3.05) is 5.01 Å². The standard InChI is InChI=1S/C18H18N2O/c1-13-8-9-14(2)16(12-13)17-10-11-18(21)20(19-17)15-6-4-3-5-7-15/h3-9,12H,10-11H2,1-2H3. The van der Waals surface area contributed by atoms with Crippen molar-refractivity contribution in [3.05, 3.63) is 65.2 Å². The van der Waals surface area contributed by atoms with E-state index in [0.717, 1.165) is 17.0 Å². The van der Waals surface area contributed by atoms with Crippen molar-refractivity contribution in [3.8, 4) is 0 Å². The lowest BCUT2D eigenvalue weighted by atomic mass is 9.97. The molecule has 1 amide bonds. The Morgan fingerprint density at radius 2 is 1.76 bits per heavy atom. The van der Waals surface area contributed by atoms with E-state index in [2.05, 4.69) is 37.1 Å². The van der Waals surface area contributed by atoms with Gasteiger partial charge < -0.3 is 0 Å². The zero-order valence-electron chi connectivity index (χ0n) is 12.3. The van der Waals surface area contributed by atoms with E-state index < -0.39 is 0 Å². The zero-order valence-corrected chi connectivity index (χ0v) is 12.3. The summed E-state index contributed by atoms with van der Waals surface area (Å²) in [5.74, 6) is 0.0512. The quantitative estimate of drug-likeness (QED) is 0.821. The van der Waals surface area contributed by atoms with E-state index in [1.165, 1.54) is 16.1 Å². The van der Waals surface area contributed by atoms with E-state index in [1.807, 2.05) is 30.3 Å². The van der Waals surface area contributed by atoms with E-state index in [4.69, 9.17) is 0 Å². The summed E-state index contributed by atoms with van der Waals surface area (Å²) >= 11 is 0. The summed E-state index contributed by atoms with van der Waals surface area (Å²) in [6.07, 6.45) is 1.20. The molecule has 0 radical (unpaired) electrons. The van der Waals surface area contributed by atoms with Crippen molar-refractivity contribution >= 4 is 17.3 Å². The van der Waals surface area contributed by atoms with Gasteiger partial charge in [-0.2, -0.15) is 5.10 Å². The molecule has 0 bridgehead atoms. The van der Waals surface area contributed by atoms with Crippen LogP contribution in [0.15, 0.2) is 53.6 Å². The second-order valence-corrected chi connectivity index (χ2v) is 5.41. The highest BCUT2D eigenvalue weighted by Gasteiger charge is 2.23. The van der Waals surface area contributed by atoms with Gasteiger partial charge in [0.15, 0.2) is 0 Å². The molecular formula is C18H18N2O. The van der Waals surface area contributed by atoms with Crippen LogP contribution >= 0.6 is 0 Å². The van der Waals surface area contributed by atoms with Gasteiger partial charge in [-0.25, -0.2) is 5.01 Å². The number of hydrogen-bond acceptors (Lipinski definition) is 2. The van der Waals surface area contributed by atoms with Crippen LogP contribution in [-0.2, 0) is 4.79 Å². The van der Waals surface area contributed by atoms with E-state index in [-0.39, 0.29) is 5.91 Å². The van der Waals surface area contributed by atoms with Gasteiger partial charge in [0.25, 0.3) is 0 Å². The maximum Gasteiger partial charge on any atom is 0.247 e. The number of amides is 1. The lowest BCUT2D eigenvalue weighted by Crippen LogP contribution is -2.32. The monoisotopic (exact) mass is 278 g/mol. The molecule has 106 valence electrons. The summed E-state index contributed by atoms with van der Waals surface area (Å²) in [6, 6.07) is 16.0. The van der Waals surface area contributed by atoms with Crippen LogP contribution in [0.25, 0.3) is 0 Å². The smallest absolute Gasteiger partial charge is 0.247 e. The first-order valence-electron chi connectivity index (χ1n) is 7.18. The molecule has 0 spiro atoms. The minimum Gasteiger partial charge on any atom is -0.273 e. The Hall–Kier alpha value is -2.42. The number of para-hydroxylation sites is 1. The predicted octanol–water partition coefficient (Wildman–Crippen LogP) is 3.83. The Bertz CT molecular complexity index is 704. The van der Waals surface area contributed by atoms with E-state index in [0.29, 0.717) is 12.8 Å². The molecule has 0 aliphatic carbocycles. The number of hydrogen-bond donors (Lipinski definition) is 0. The first-order valence-corrected chi connectivity index (χ1v) is 7.18. The Morgan fingerprint density at radius 1 is 1.00 bits per heavy atom. The van der Waals surface area contributed by atoms with E-state index in [1.54, 1.807) is 0 Å². The first-order chi connectivity index (χ1) is 10.1. The summed E-state index contributed by atoms with van der Waals surface area (Å²) in [7, 11) is 0. The van der Waals surface area contributed by atoms with Crippen LogP contribution in [0.2, 0.25) is 0 Å². The highest BCUT2D eigenvalue weighted by molar-refractivity contribution is 6.09. The topological polar surface area (TPSA) is 32.7 Å². The van der Waals surface area contributed by atoms with Crippen molar-refractivity contribution in [3.63, 3.8) is 0 Å². The molecule has 0 aromatic heterocycles. The number of rotatable bonds is 2. The summed E-state index contributed by atoms with van der Waals surface area (Å²) in [5.41, 5.74) is 5.36. The van der Waals surface area contributed by atoms with Crippen LogP contribution in [0.1, 0.15) is 29.5 Å². The van der Waals surface area contributed by atoms with Gasteiger partial charge >= 0.3 is 0 Å². The SMILES string of the molecule is Cc1ccc(C)c(C2=NN(c3ccccc3)C(=O)CC2)c1.